The third-order valence-electron chi connectivity index (χ3n) is 5.41. The fourth-order valence-corrected chi connectivity index (χ4v) is 4.15. The highest BCUT2D eigenvalue weighted by atomic mass is 16.5. The SMILES string of the molecule is O=C1c2oc3ccccc3c(=O)c2[C@@H](c2ccccc2)N1C[C@@H]1CCCO1. The van der Waals surface area contributed by atoms with Gasteiger partial charge in [-0.05, 0) is 30.5 Å². The van der Waals surface area contributed by atoms with E-state index < -0.39 is 6.04 Å². The van der Waals surface area contributed by atoms with Gasteiger partial charge < -0.3 is 14.1 Å². The molecule has 0 spiro atoms. The maximum absolute atomic E-state index is 13.3. The van der Waals surface area contributed by atoms with Gasteiger partial charge in [0.25, 0.3) is 5.91 Å². The molecule has 3 aromatic rings. The van der Waals surface area contributed by atoms with Crippen LogP contribution in [0.5, 0.6) is 0 Å². The molecule has 5 heteroatoms. The van der Waals surface area contributed by atoms with E-state index in [1.54, 1.807) is 23.1 Å². The lowest BCUT2D eigenvalue weighted by Gasteiger charge is -2.27. The summed E-state index contributed by atoms with van der Waals surface area (Å²) in [4.78, 5) is 28.2. The van der Waals surface area contributed by atoms with Gasteiger partial charge in [0.15, 0.2) is 5.43 Å². The number of hydrogen-bond acceptors (Lipinski definition) is 4. The van der Waals surface area contributed by atoms with Crippen LogP contribution in [0.1, 0.15) is 40.6 Å². The van der Waals surface area contributed by atoms with Gasteiger partial charge in [-0.1, -0.05) is 42.5 Å². The van der Waals surface area contributed by atoms with Crippen molar-refractivity contribution in [1.29, 1.82) is 0 Å². The van der Waals surface area contributed by atoms with Crippen molar-refractivity contribution in [3.8, 4) is 0 Å². The van der Waals surface area contributed by atoms with Gasteiger partial charge >= 0.3 is 0 Å². The summed E-state index contributed by atoms with van der Waals surface area (Å²) in [6.45, 7) is 1.18. The van der Waals surface area contributed by atoms with Crippen molar-refractivity contribution in [2.75, 3.05) is 13.2 Å². The van der Waals surface area contributed by atoms with Crippen LogP contribution in [0.15, 0.2) is 63.8 Å². The second kappa shape index (κ2) is 6.35. The summed E-state index contributed by atoms with van der Waals surface area (Å²) in [5.41, 5.74) is 1.65. The van der Waals surface area contributed by atoms with E-state index in [2.05, 4.69) is 0 Å². The predicted octanol–water partition coefficient (Wildman–Crippen LogP) is 3.52. The van der Waals surface area contributed by atoms with Crippen molar-refractivity contribution in [2.24, 2.45) is 0 Å². The van der Waals surface area contributed by atoms with E-state index in [-0.39, 0.29) is 23.2 Å². The predicted molar refractivity (Wildman–Crippen MR) is 101 cm³/mol. The molecule has 5 rings (SSSR count). The molecule has 0 radical (unpaired) electrons. The summed E-state index contributed by atoms with van der Waals surface area (Å²) >= 11 is 0. The van der Waals surface area contributed by atoms with Gasteiger partial charge in [0, 0.05) is 13.2 Å². The Labute approximate surface area is 156 Å². The van der Waals surface area contributed by atoms with Gasteiger partial charge in [0.05, 0.1) is 23.1 Å². The van der Waals surface area contributed by atoms with E-state index in [1.165, 1.54) is 0 Å². The first-order chi connectivity index (χ1) is 13.2. The fourth-order valence-electron chi connectivity index (χ4n) is 4.15. The fraction of sp³-hybridized carbons (Fsp3) is 0.273. The van der Waals surface area contributed by atoms with Gasteiger partial charge in [-0.25, -0.2) is 0 Å². The van der Waals surface area contributed by atoms with Crippen LogP contribution in [0.2, 0.25) is 0 Å². The Morgan fingerprint density at radius 1 is 1.00 bits per heavy atom. The first-order valence-corrected chi connectivity index (χ1v) is 9.27. The van der Waals surface area contributed by atoms with Crippen LogP contribution in [0.3, 0.4) is 0 Å². The third kappa shape index (κ3) is 2.58. The Morgan fingerprint density at radius 2 is 1.78 bits per heavy atom. The normalized spacial score (nSPS) is 21.8. The molecule has 1 amide bonds. The number of carbonyl (C=O) groups excluding carboxylic acids is 1. The van der Waals surface area contributed by atoms with Gasteiger partial charge in [0.2, 0.25) is 5.76 Å². The molecular formula is C22H19NO4. The van der Waals surface area contributed by atoms with E-state index in [4.69, 9.17) is 9.15 Å². The van der Waals surface area contributed by atoms with E-state index in [0.717, 1.165) is 25.0 Å². The molecule has 2 atom stereocenters. The minimum atomic E-state index is -0.446. The minimum absolute atomic E-state index is 0.000933. The Bertz CT molecular complexity index is 1070. The minimum Gasteiger partial charge on any atom is -0.450 e. The second-order valence-electron chi connectivity index (χ2n) is 7.08. The summed E-state index contributed by atoms with van der Waals surface area (Å²) in [6, 6.07) is 16.3. The van der Waals surface area contributed by atoms with E-state index in [9.17, 15) is 9.59 Å². The van der Waals surface area contributed by atoms with E-state index in [1.807, 2.05) is 36.4 Å². The van der Waals surface area contributed by atoms with Crippen LogP contribution < -0.4 is 5.43 Å². The number of fused-ring (bicyclic) bond motifs is 2. The van der Waals surface area contributed by atoms with Crippen molar-refractivity contribution in [3.05, 3.63) is 81.7 Å². The lowest BCUT2D eigenvalue weighted by molar-refractivity contribution is 0.0486. The highest BCUT2D eigenvalue weighted by Gasteiger charge is 2.43. The maximum atomic E-state index is 13.3. The molecule has 0 N–H and O–H groups in total. The molecule has 0 saturated carbocycles. The van der Waals surface area contributed by atoms with Gasteiger partial charge in [0.1, 0.15) is 5.58 Å². The number of amides is 1. The van der Waals surface area contributed by atoms with Crippen molar-refractivity contribution in [3.63, 3.8) is 0 Å². The molecule has 1 fully saturated rings. The van der Waals surface area contributed by atoms with Crippen LogP contribution >= 0.6 is 0 Å². The van der Waals surface area contributed by atoms with Crippen molar-refractivity contribution in [1.82, 2.24) is 4.90 Å². The molecule has 3 heterocycles. The molecule has 136 valence electrons. The number of ether oxygens (including phenoxy) is 1. The summed E-state index contributed by atoms with van der Waals surface area (Å²) in [6.07, 6.45) is 1.92. The molecule has 1 saturated heterocycles. The van der Waals surface area contributed by atoms with Crippen LogP contribution in [0.4, 0.5) is 0 Å². The van der Waals surface area contributed by atoms with Gasteiger partial charge in [-0.15, -0.1) is 0 Å². The molecule has 5 nitrogen and oxygen atoms in total. The Morgan fingerprint density at radius 3 is 2.56 bits per heavy atom. The van der Waals surface area contributed by atoms with Crippen molar-refractivity contribution < 1.29 is 13.9 Å². The number of rotatable bonds is 3. The maximum Gasteiger partial charge on any atom is 0.291 e. The lowest BCUT2D eigenvalue weighted by Crippen LogP contribution is -2.36. The summed E-state index contributed by atoms with van der Waals surface area (Å²) in [7, 11) is 0. The molecule has 2 aliphatic heterocycles. The zero-order valence-electron chi connectivity index (χ0n) is 14.8. The zero-order chi connectivity index (χ0) is 18.4. The molecule has 2 aromatic carbocycles. The smallest absolute Gasteiger partial charge is 0.291 e. The highest BCUT2D eigenvalue weighted by Crippen LogP contribution is 2.38. The lowest BCUT2D eigenvalue weighted by atomic mass is 9.98. The Hall–Kier alpha value is -2.92. The molecule has 0 aliphatic carbocycles. The first kappa shape index (κ1) is 16.3. The van der Waals surface area contributed by atoms with Crippen LogP contribution in [0.25, 0.3) is 11.0 Å². The summed E-state index contributed by atoms with van der Waals surface area (Å²) in [5.74, 6) is -0.0808. The van der Waals surface area contributed by atoms with Crippen LogP contribution in [-0.2, 0) is 4.74 Å². The van der Waals surface area contributed by atoms with Gasteiger partial charge in [-0.3, -0.25) is 9.59 Å². The van der Waals surface area contributed by atoms with Crippen molar-refractivity contribution >= 4 is 16.9 Å². The quantitative estimate of drug-likeness (QED) is 0.716. The average molecular weight is 361 g/mol. The Balaban J connectivity index is 1.70. The zero-order valence-corrected chi connectivity index (χ0v) is 14.8. The van der Waals surface area contributed by atoms with Crippen LogP contribution in [-0.4, -0.2) is 30.1 Å². The van der Waals surface area contributed by atoms with Crippen molar-refractivity contribution in [2.45, 2.75) is 25.0 Å². The highest BCUT2D eigenvalue weighted by molar-refractivity contribution is 5.99. The Kier molecular flexibility index (Phi) is 3.83. The second-order valence-corrected chi connectivity index (χ2v) is 7.08. The molecule has 27 heavy (non-hydrogen) atoms. The summed E-state index contributed by atoms with van der Waals surface area (Å²) in [5, 5.41) is 0.504. The standard InChI is InChI=1S/C22H19NO4/c24-20-16-10-4-5-11-17(16)27-21-18(20)19(14-7-2-1-3-8-14)23(22(21)25)13-15-9-6-12-26-15/h1-5,7-8,10-11,15,19H,6,9,12-13H2/t15-,19+/m0/s1. The number of carbonyl (C=O) groups is 1. The first-order valence-electron chi connectivity index (χ1n) is 9.27. The number of hydrogen-bond donors (Lipinski definition) is 0. The monoisotopic (exact) mass is 361 g/mol. The number of nitrogens with zero attached hydrogens (tertiary/aromatic N) is 1. The van der Waals surface area contributed by atoms with E-state index >= 15 is 0 Å². The average Bonchev–Trinajstić information content (AvgIpc) is 3.31. The van der Waals surface area contributed by atoms with E-state index in [0.29, 0.717) is 23.1 Å². The largest absolute Gasteiger partial charge is 0.450 e. The topological polar surface area (TPSA) is 59.8 Å². The number of para-hydroxylation sites is 1. The van der Waals surface area contributed by atoms with Crippen LogP contribution in [0, 0.1) is 0 Å². The number of benzene rings is 2. The molecule has 0 bridgehead atoms. The summed E-state index contributed by atoms with van der Waals surface area (Å²) < 4.78 is 11.7. The molecule has 0 unspecified atom stereocenters. The molecule has 2 aliphatic rings. The molecule has 1 aromatic heterocycles. The van der Waals surface area contributed by atoms with Gasteiger partial charge in [-0.2, -0.15) is 0 Å². The third-order valence-corrected chi connectivity index (χ3v) is 5.41. The molecular weight excluding hydrogens is 342 g/mol.